The Hall–Kier alpha value is -2.13. The highest BCUT2D eigenvalue weighted by atomic mass is 32.2. The smallest absolute Gasteiger partial charge is 0.324 e. The largest absolute Gasteiger partial charge is 0.497 e. The minimum Gasteiger partial charge on any atom is -0.497 e. The molecule has 8 nitrogen and oxygen atoms in total. The van der Waals surface area contributed by atoms with Gasteiger partial charge in [0.25, 0.3) is 5.91 Å². The standard InChI is InChI=1S/C17H24N2O6S/c1-12(17(21)25-13(2)16(20)19-10-4-5-11-19)18-26(22,23)15-8-6-14(24-3)7-9-15/h6-9,12-13,18H,4-5,10-11H2,1-3H3. The lowest BCUT2D eigenvalue weighted by molar-refractivity contribution is -0.159. The first-order valence-electron chi connectivity index (χ1n) is 8.40. The Bertz CT molecular complexity index is 741. The van der Waals surface area contributed by atoms with Crippen LogP contribution in [0.25, 0.3) is 0 Å². The average Bonchev–Trinajstić information content (AvgIpc) is 3.15. The number of likely N-dealkylation sites (tertiary alicyclic amines) is 1. The third kappa shape index (κ3) is 4.95. The molecule has 144 valence electrons. The Morgan fingerprint density at radius 1 is 1.12 bits per heavy atom. The molecule has 2 atom stereocenters. The number of ether oxygens (including phenoxy) is 2. The first-order valence-corrected chi connectivity index (χ1v) is 9.88. The van der Waals surface area contributed by atoms with E-state index < -0.39 is 28.1 Å². The maximum Gasteiger partial charge on any atom is 0.324 e. The highest BCUT2D eigenvalue weighted by Crippen LogP contribution is 2.16. The average molecular weight is 384 g/mol. The normalized spacial score (nSPS) is 16.8. The van der Waals surface area contributed by atoms with E-state index in [2.05, 4.69) is 4.72 Å². The molecule has 0 aromatic heterocycles. The van der Waals surface area contributed by atoms with Crippen molar-refractivity contribution < 1.29 is 27.5 Å². The summed E-state index contributed by atoms with van der Waals surface area (Å²) >= 11 is 0. The summed E-state index contributed by atoms with van der Waals surface area (Å²) in [6, 6.07) is 4.64. The molecule has 1 aliphatic heterocycles. The van der Waals surface area contributed by atoms with E-state index in [0.717, 1.165) is 12.8 Å². The van der Waals surface area contributed by atoms with Gasteiger partial charge in [0.15, 0.2) is 6.10 Å². The third-order valence-corrected chi connectivity index (χ3v) is 5.67. The molecule has 0 radical (unpaired) electrons. The van der Waals surface area contributed by atoms with Crippen LogP contribution in [-0.2, 0) is 24.3 Å². The topological polar surface area (TPSA) is 102 Å². The molecule has 1 amide bonds. The van der Waals surface area contributed by atoms with Crippen molar-refractivity contribution in [3.63, 3.8) is 0 Å². The van der Waals surface area contributed by atoms with Gasteiger partial charge >= 0.3 is 5.97 Å². The fourth-order valence-electron chi connectivity index (χ4n) is 2.63. The van der Waals surface area contributed by atoms with E-state index in [1.807, 2.05) is 0 Å². The van der Waals surface area contributed by atoms with E-state index in [4.69, 9.17) is 9.47 Å². The molecule has 1 heterocycles. The number of sulfonamides is 1. The summed E-state index contributed by atoms with van der Waals surface area (Å²) in [5, 5.41) is 0. The number of nitrogens with one attached hydrogen (secondary N) is 1. The van der Waals surface area contributed by atoms with Crippen LogP contribution in [0.2, 0.25) is 0 Å². The number of esters is 1. The lowest BCUT2D eigenvalue weighted by atomic mass is 10.3. The molecule has 0 aliphatic carbocycles. The van der Waals surface area contributed by atoms with Crippen molar-refractivity contribution in [1.29, 1.82) is 0 Å². The minimum atomic E-state index is -3.90. The van der Waals surface area contributed by atoms with Gasteiger partial charge in [0.05, 0.1) is 12.0 Å². The van der Waals surface area contributed by atoms with Crippen LogP contribution >= 0.6 is 0 Å². The monoisotopic (exact) mass is 384 g/mol. The number of carbonyl (C=O) groups is 2. The first kappa shape index (κ1) is 20.2. The van der Waals surface area contributed by atoms with Crippen LogP contribution in [0.1, 0.15) is 26.7 Å². The minimum absolute atomic E-state index is 0.000795. The van der Waals surface area contributed by atoms with Gasteiger partial charge in [-0.25, -0.2) is 8.42 Å². The van der Waals surface area contributed by atoms with Gasteiger partial charge < -0.3 is 14.4 Å². The fraction of sp³-hybridized carbons (Fsp3) is 0.529. The van der Waals surface area contributed by atoms with Gasteiger partial charge in [0, 0.05) is 13.1 Å². The van der Waals surface area contributed by atoms with E-state index in [9.17, 15) is 18.0 Å². The zero-order chi connectivity index (χ0) is 19.3. The zero-order valence-electron chi connectivity index (χ0n) is 15.1. The molecule has 26 heavy (non-hydrogen) atoms. The molecule has 1 aliphatic rings. The van der Waals surface area contributed by atoms with Gasteiger partial charge in [-0.2, -0.15) is 4.72 Å². The summed E-state index contributed by atoms with van der Waals surface area (Å²) < 4.78 is 37.0. The molecule has 1 aromatic carbocycles. The summed E-state index contributed by atoms with van der Waals surface area (Å²) in [5.74, 6) is -0.547. The molecule has 2 unspecified atom stereocenters. The Morgan fingerprint density at radius 2 is 1.69 bits per heavy atom. The van der Waals surface area contributed by atoms with Gasteiger partial charge in [-0.3, -0.25) is 9.59 Å². The van der Waals surface area contributed by atoms with E-state index in [1.165, 1.54) is 45.2 Å². The molecule has 2 rings (SSSR count). The number of amides is 1. The molecule has 0 saturated carbocycles. The van der Waals surface area contributed by atoms with Crippen molar-refractivity contribution in [2.24, 2.45) is 0 Å². The number of benzene rings is 1. The fourth-order valence-corrected chi connectivity index (χ4v) is 3.82. The summed E-state index contributed by atoms with van der Waals surface area (Å²) in [6.07, 6.45) is 0.920. The van der Waals surface area contributed by atoms with Crippen LogP contribution < -0.4 is 9.46 Å². The Labute approximate surface area is 153 Å². The van der Waals surface area contributed by atoms with Gasteiger partial charge in [0.1, 0.15) is 11.8 Å². The number of methoxy groups -OCH3 is 1. The molecular weight excluding hydrogens is 360 g/mol. The highest BCUT2D eigenvalue weighted by Gasteiger charge is 2.29. The summed E-state index contributed by atoms with van der Waals surface area (Å²) in [5.41, 5.74) is 0. The van der Waals surface area contributed by atoms with Crippen LogP contribution in [-0.4, -0.2) is 57.5 Å². The maximum atomic E-state index is 12.3. The predicted molar refractivity (Wildman–Crippen MR) is 94.1 cm³/mol. The summed E-state index contributed by atoms with van der Waals surface area (Å²) in [6.45, 7) is 4.17. The first-order chi connectivity index (χ1) is 12.2. The van der Waals surface area contributed by atoms with Crippen molar-refractivity contribution >= 4 is 21.9 Å². The van der Waals surface area contributed by atoms with Crippen LogP contribution in [0, 0.1) is 0 Å². The van der Waals surface area contributed by atoms with E-state index in [0.29, 0.717) is 18.8 Å². The molecule has 1 saturated heterocycles. The molecule has 1 fully saturated rings. The van der Waals surface area contributed by atoms with Gasteiger partial charge in [-0.1, -0.05) is 0 Å². The number of hydrogen-bond acceptors (Lipinski definition) is 6. The molecule has 9 heteroatoms. The van der Waals surface area contributed by atoms with Crippen molar-refractivity contribution in [2.45, 2.75) is 43.7 Å². The Balaban J connectivity index is 1.95. The second kappa shape index (κ2) is 8.50. The van der Waals surface area contributed by atoms with Crippen molar-refractivity contribution in [1.82, 2.24) is 9.62 Å². The van der Waals surface area contributed by atoms with Crippen LogP contribution in [0.3, 0.4) is 0 Å². The van der Waals surface area contributed by atoms with Crippen LogP contribution in [0.5, 0.6) is 5.75 Å². The molecule has 1 N–H and O–H groups in total. The van der Waals surface area contributed by atoms with Gasteiger partial charge in [-0.15, -0.1) is 0 Å². The number of nitrogens with zero attached hydrogens (tertiary/aromatic N) is 1. The lowest BCUT2D eigenvalue weighted by Crippen LogP contribution is -2.44. The Kier molecular flexibility index (Phi) is 6.60. The van der Waals surface area contributed by atoms with Gasteiger partial charge in [0.2, 0.25) is 10.0 Å². The molecule has 1 aromatic rings. The predicted octanol–water partition coefficient (Wildman–Crippen LogP) is 0.916. The second-order valence-corrected chi connectivity index (χ2v) is 7.84. The van der Waals surface area contributed by atoms with E-state index >= 15 is 0 Å². The highest BCUT2D eigenvalue weighted by molar-refractivity contribution is 7.89. The SMILES string of the molecule is COc1ccc(S(=O)(=O)NC(C)C(=O)OC(C)C(=O)N2CCCC2)cc1. The number of carbonyl (C=O) groups excluding carboxylic acids is 2. The quantitative estimate of drug-likeness (QED) is 0.702. The van der Waals surface area contributed by atoms with Crippen molar-refractivity contribution in [2.75, 3.05) is 20.2 Å². The zero-order valence-corrected chi connectivity index (χ0v) is 15.9. The molecule has 0 spiro atoms. The Morgan fingerprint density at radius 3 is 2.23 bits per heavy atom. The number of hydrogen-bond donors (Lipinski definition) is 1. The lowest BCUT2D eigenvalue weighted by Gasteiger charge is -2.22. The van der Waals surface area contributed by atoms with Crippen molar-refractivity contribution in [3.8, 4) is 5.75 Å². The summed E-state index contributed by atoms with van der Waals surface area (Å²) in [4.78, 5) is 26.0. The molecule has 0 bridgehead atoms. The maximum absolute atomic E-state index is 12.3. The summed E-state index contributed by atoms with van der Waals surface area (Å²) in [7, 11) is -2.43. The molecular formula is C17H24N2O6S. The van der Waals surface area contributed by atoms with E-state index in [1.54, 1.807) is 4.90 Å². The van der Waals surface area contributed by atoms with Crippen molar-refractivity contribution in [3.05, 3.63) is 24.3 Å². The van der Waals surface area contributed by atoms with Crippen LogP contribution in [0.15, 0.2) is 29.2 Å². The van der Waals surface area contributed by atoms with E-state index in [-0.39, 0.29) is 10.8 Å². The number of rotatable bonds is 7. The second-order valence-electron chi connectivity index (χ2n) is 6.13. The third-order valence-electron chi connectivity index (χ3n) is 4.11. The van der Waals surface area contributed by atoms with Crippen LogP contribution in [0.4, 0.5) is 0 Å². The van der Waals surface area contributed by atoms with Gasteiger partial charge in [-0.05, 0) is 51.0 Å².